The van der Waals surface area contributed by atoms with Crippen molar-refractivity contribution >= 4 is 11.6 Å². The summed E-state index contributed by atoms with van der Waals surface area (Å²) < 4.78 is 11.6. The highest BCUT2D eigenvalue weighted by Crippen LogP contribution is 2.32. The Hall–Kier alpha value is -1.55. The Kier molecular flexibility index (Phi) is 4.44. The van der Waals surface area contributed by atoms with E-state index in [0.717, 1.165) is 6.42 Å². The summed E-state index contributed by atoms with van der Waals surface area (Å²) in [5, 5.41) is 9.87. The van der Waals surface area contributed by atoms with Gasteiger partial charge in [-0.15, -0.1) is 0 Å². The first-order valence-corrected chi connectivity index (χ1v) is 7.38. The number of benzene rings is 2. The summed E-state index contributed by atoms with van der Waals surface area (Å²) in [5.74, 6) is 0.535. The Morgan fingerprint density at radius 2 is 2.05 bits per heavy atom. The number of rotatable bonds is 4. The fourth-order valence-corrected chi connectivity index (χ4v) is 2.86. The second-order valence-electron chi connectivity index (χ2n) is 5.01. The molecule has 1 atom stereocenters. The molecule has 21 heavy (non-hydrogen) atoms. The third-order valence-electron chi connectivity index (χ3n) is 3.69. The molecule has 3 nitrogen and oxygen atoms in total. The minimum Gasteiger partial charge on any atom is -0.489 e. The maximum Gasteiger partial charge on any atom is 0.143 e. The number of aliphatic hydroxyl groups excluding tert-OH is 1. The molecule has 1 N–H and O–H groups in total. The summed E-state index contributed by atoms with van der Waals surface area (Å²) >= 11 is 6.15. The van der Waals surface area contributed by atoms with Crippen molar-refractivity contribution in [3.8, 4) is 5.75 Å². The number of halogens is 1. The van der Waals surface area contributed by atoms with E-state index < -0.39 is 0 Å². The van der Waals surface area contributed by atoms with Crippen molar-refractivity contribution in [2.75, 3.05) is 13.2 Å². The molecule has 3 rings (SSSR count). The minimum atomic E-state index is -0.0993. The molecule has 1 heterocycles. The molecule has 4 heteroatoms. The third kappa shape index (κ3) is 3.05. The topological polar surface area (TPSA) is 38.7 Å². The van der Waals surface area contributed by atoms with Crippen LogP contribution in [0, 0.1) is 0 Å². The maximum absolute atomic E-state index is 9.37. The van der Waals surface area contributed by atoms with Crippen molar-refractivity contribution in [3.05, 3.63) is 64.2 Å². The molecule has 1 unspecified atom stereocenters. The van der Waals surface area contributed by atoms with Gasteiger partial charge in [0.2, 0.25) is 0 Å². The maximum atomic E-state index is 9.37. The Labute approximate surface area is 129 Å². The van der Waals surface area contributed by atoms with Crippen LogP contribution in [0.1, 0.15) is 22.8 Å². The number of ether oxygens (including phenoxy) is 2. The summed E-state index contributed by atoms with van der Waals surface area (Å²) in [6.07, 6.45) is 0.832. The smallest absolute Gasteiger partial charge is 0.143 e. The normalized spacial score (nSPS) is 17.3. The van der Waals surface area contributed by atoms with Crippen LogP contribution in [0.15, 0.2) is 42.5 Å². The third-order valence-corrected chi connectivity index (χ3v) is 3.99. The molecule has 0 saturated heterocycles. The van der Waals surface area contributed by atoms with E-state index in [1.807, 2.05) is 12.1 Å². The number of hydrogen-bond acceptors (Lipinski definition) is 3. The van der Waals surface area contributed by atoms with Crippen molar-refractivity contribution in [3.63, 3.8) is 0 Å². The van der Waals surface area contributed by atoms with Crippen molar-refractivity contribution in [2.24, 2.45) is 0 Å². The van der Waals surface area contributed by atoms with Crippen LogP contribution in [0.4, 0.5) is 0 Å². The van der Waals surface area contributed by atoms with Gasteiger partial charge in [0.15, 0.2) is 0 Å². The van der Waals surface area contributed by atoms with Crippen molar-refractivity contribution in [2.45, 2.75) is 19.1 Å². The van der Waals surface area contributed by atoms with Gasteiger partial charge in [-0.3, -0.25) is 0 Å². The minimum absolute atomic E-state index is 0.0992. The van der Waals surface area contributed by atoms with Gasteiger partial charge in [0.25, 0.3) is 0 Å². The average Bonchev–Trinajstić information content (AvgIpc) is 2.53. The first-order valence-electron chi connectivity index (χ1n) is 7.00. The summed E-state index contributed by atoms with van der Waals surface area (Å²) in [5.41, 5.74) is 3.16. The van der Waals surface area contributed by atoms with Crippen LogP contribution in [0.3, 0.4) is 0 Å². The van der Waals surface area contributed by atoms with Crippen LogP contribution in [-0.4, -0.2) is 18.3 Å². The molecule has 0 saturated carbocycles. The van der Waals surface area contributed by atoms with E-state index in [1.165, 1.54) is 11.1 Å². The summed E-state index contributed by atoms with van der Waals surface area (Å²) in [4.78, 5) is 0. The lowest BCUT2D eigenvalue weighted by molar-refractivity contribution is 0.00977. The van der Waals surface area contributed by atoms with Crippen LogP contribution in [-0.2, 0) is 17.8 Å². The summed E-state index contributed by atoms with van der Waals surface area (Å²) in [7, 11) is 0. The molecule has 1 aliphatic rings. The predicted molar refractivity (Wildman–Crippen MR) is 81.7 cm³/mol. The lowest BCUT2D eigenvalue weighted by atomic mass is 9.98. The molecule has 0 amide bonds. The Bertz CT molecular complexity index is 627. The second kappa shape index (κ2) is 6.48. The fourth-order valence-electron chi connectivity index (χ4n) is 2.61. The monoisotopic (exact) mass is 304 g/mol. The molecule has 0 fully saturated rings. The van der Waals surface area contributed by atoms with Crippen molar-refractivity contribution in [1.29, 1.82) is 0 Å². The zero-order valence-corrected chi connectivity index (χ0v) is 12.3. The van der Waals surface area contributed by atoms with E-state index in [4.69, 9.17) is 21.1 Å². The van der Waals surface area contributed by atoms with Gasteiger partial charge in [-0.25, -0.2) is 0 Å². The van der Waals surface area contributed by atoms with Crippen LogP contribution in [0.2, 0.25) is 5.02 Å². The Morgan fingerprint density at radius 3 is 2.90 bits per heavy atom. The zero-order valence-electron chi connectivity index (χ0n) is 11.6. The van der Waals surface area contributed by atoms with E-state index in [0.29, 0.717) is 29.5 Å². The lowest BCUT2D eigenvalue weighted by Gasteiger charge is -2.26. The molecule has 2 aromatic rings. The largest absolute Gasteiger partial charge is 0.489 e. The highest BCUT2D eigenvalue weighted by atomic mass is 35.5. The fraction of sp³-hybridized carbons (Fsp3) is 0.294. The number of hydrogen-bond donors (Lipinski definition) is 1. The van der Waals surface area contributed by atoms with Crippen LogP contribution in [0.5, 0.6) is 5.75 Å². The van der Waals surface area contributed by atoms with Crippen LogP contribution >= 0.6 is 11.6 Å². The van der Waals surface area contributed by atoms with E-state index in [9.17, 15) is 5.11 Å². The molecule has 0 bridgehead atoms. The second-order valence-corrected chi connectivity index (χ2v) is 5.41. The van der Waals surface area contributed by atoms with Gasteiger partial charge in [-0.2, -0.15) is 0 Å². The van der Waals surface area contributed by atoms with Crippen molar-refractivity contribution < 1.29 is 14.6 Å². The first-order chi connectivity index (χ1) is 10.3. The number of para-hydroxylation sites is 1. The van der Waals surface area contributed by atoms with E-state index in [2.05, 4.69) is 12.1 Å². The molecule has 110 valence electrons. The van der Waals surface area contributed by atoms with E-state index >= 15 is 0 Å². The SMILES string of the molecule is OCc1cccc(Cl)c1OCC1OCCc2ccccc21. The highest BCUT2D eigenvalue weighted by molar-refractivity contribution is 6.32. The molecular formula is C17H17ClO3. The molecule has 0 aromatic heterocycles. The van der Waals surface area contributed by atoms with Crippen LogP contribution in [0.25, 0.3) is 0 Å². The Balaban J connectivity index is 1.78. The zero-order chi connectivity index (χ0) is 14.7. The van der Waals surface area contributed by atoms with Crippen LogP contribution < -0.4 is 4.74 Å². The van der Waals surface area contributed by atoms with E-state index in [1.54, 1.807) is 18.2 Å². The molecule has 2 aromatic carbocycles. The van der Waals surface area contributed by atoms with Gasteiger partial charge in [0.1, 0.15) is 18.5 Å². The van der Waals surface area contributed by atoms with E-state index in [-0.39, 0.29) is 12.7 Å². The van der Waals surface area contributed by atoms with Gasteiger partial charge in [0.05, 0.1) is 18.2 Å². The molecule has 0 radical (unpaired) electrons. The molecular weight excluding hydrogens is 288 g/mol. The average molecular weight is 305 g/mol. The Morgan fingerprint density at radius 1 is 1.19 bits per heavy atom. The van der Waals surface area contributed by atoms with Gasteiger partial charge < -0.3 is 14.6 Å². The standard InChI is InChI=1S/C17H17ClO3/c18-15-7-3-5-13(10-19)17(15)21-11-16-14-6-2-1-4-12(14)8-9-20-16/h1-7,16,19H,8-11H2. The molecule has 1 aliphatic heterocycles. The molecule has 0 aliphatic carbocycles. The van der Waals surface area contributed by atoms with Gasteiger partial charge >= 0.3 is 0 Å². The number of fused-ring (bicyclic) bond motifs is 1. The lowest BCUT2D eigenvalue weighted by Crippen LogP contribution is -2.22. The van der Waals surface area contributed by atoms with Gasteiger partial charge in [0, 0.05) is 5.56 Å². The summed E-state index contributed by atoms with van der Waals surface area (Å²) in [6.45, 7) is 0.978. The van der Waals surface area contributed by atoms with Gasteiger partial charge in [-0.05, 0) is 23.6 Å². The van der Waals surface area contributed by atoms with Gasteiger partial charge in [-0.1, -0.05) is 48.0 Å². The summed E-state index contributed by atoms with van der Waals surface area (Å²) in [6, 6.07) is 13.6. The molecule has 0 spiro atoms. The quantitative estimate of drug-likeness (QED) is 0.939. The van der Waals surface area contributed by atoms with Crippen molar-refractivity contribution in [1.82, 2.24) is 0 Å². The first kappa shape index (κ1) is 14.4. The number of aliphatic hydroxyl groups is 1. The predicted octanol–water partition coefficient (Wildman–Crippen LogP) is 3.53. The highest BCUT2D eigenvalue weighted by Gasteiger charge is 2.21.